The highest BCUT2D eigenvalue weighted by Crippen LogP contribution is 2.34. The molecular weight excluding hydrogens is 240 g/mol. The van der Waals surface area contributed by atoms with E-state index in [9.17, 15) is 4.79 Å². The summed E-state index contributed by atoms with van der Waals surface area (Å²) in [6, 6.07) is 11.7. The molecule has 0 atom stereocenters. The number of hydrogen-bond donors (Lipinski definition) is 0. The molecule has 0 saturated carbocycles. The quantitative estimate of drug-likeness (QED) is 0.578. The molecule has 0 N–H and O–H groups in total. The van der Waals surface area contributed by atoms with Gasteiger partial charge in [0.25, 0.3) is 0 Å². The van der Waals surface area contributed by atoms with Crippen LogP contribution in [0.15, 0.2) is 48.2 Å². The van der Waals surface area contributed by atoms with Crippen LogP contribution in [0.4, 0.5) is 0 Å². The molecule has 0 aliphatic carbocycles. The number of benzene rings is 2. The van der Waals surface area contributed by atoms with Crippen molar-refractivity contribution in [3.05, 3.63) is 53.8 Å². The second-order valence-corrected chi connectivity index (χ2v) is 4.47. The van der Waals surface area contributed by atoms with Crippen LogP contribution < -0.4 is 4.74 Å². The van der Waals surface area contributed by atoms with Crippen molar-refractivity contribution in [2.75, 3.05) is 13.7 Å². The number of ether oxygens (including phenoxy) is 2. The largest absolute Gasteiger partial charge is 0.504 e. The second kappa shape index (κ2) is 4.76. The lowest BCUT2D eigenvalue weighted by molar-refractivity contribution is 0.102. The third kappa shape index (κ3) is 1.97. The first-order chi connectivity index (χ1) is 9.31. The zero-order valence-corrected chi connectivity index (χ0v) is 10.7. The molecule has 0 amide bonds. The lowest BCUT2D eigenvalue weighted by Gasteiger charge is -2.09. The molecule has 1 aliphatic rings. The molecule has 0 aromatic heterocycles. The fourth-order valence-corrected chi connectivity index (χ4v) is 2.38. The van der Waals surface area contributed by atoms with Crippen LogP contribution >= 0.6 is 0 Å². The summed E-state index contributed by atoms with van der Waals surface area (Å²) in [6.07, 6.45) is 2.08. The van der Waals surface area contributed by atoms with E-state index < -0.39 is 0 Å². The summed E-state index contributed by atoms with van der Waals surface area (Å²) in [5.74, 6) is 0.669. The van der Waals surface area contributed by atoms with Crippen molar-refractivity contribution in [1.29, 1.82) is 0 Å². The topological polar surface area (TPSA) is 35.5 Å². The molecule has 0 saturated heterocycles. The maximum Gasteiger partial charge on any atom is 0.195 e. The minimum absolute atomic E-state index is 0.0138. The highest BCUT2D eigenvalue weighted by atomic mass is 16.5. The third-order valence-electron chi connectivity index (χ3n) is 3.29. The Balaban J connectivity index is 2.22. The van der Waals surface area contributed by atoms with Crippen molar-refractivity contribution in [1.82, 2.24) is 0 Å². The van der Waals surface area contributed by atoms with Crippen LogP contribution in [0.2, 0.25) is 0 Å². The predicted octanol–water partition coefficient (Wildman–Crippen LogP) is 3.34. The summed E-state index contributed by atoms with van der Waals surface area (Å²) in [4.78, 5) is 12.4. The maximum atomic E-state index is 12.4. The smallest absolute Gasteiger partial charge is 0.195 e. The average Bonchev–Trinajstić information content (AvgIpc) is 2.60. The molecule has 1 aliphatic heterocycles. The Kier molecular flexibility index (Phi) is 2.95. The normalized spacial score (nSPS) is 16.9. The highest BCUT2D eigenvalue weighted by molar-refractivity contribution is 6.13. The van der Waals surface area contributed by atoms with Crippen LogP contribution in [-0.2, 0) is 4.74 Å². The van der Waals surface area contributed by atoms with Gasteiger partial charge in [-0.1, -0.05) is 30.3 Å². The Labute approximate surface area is 111 Å². The summed E-state index contributed by atoms with van der Waals surface area (Å²) in [5, 5.41) is 2.06. The van der Waals surface area contributed by atoms with Gasteiger partial charge in [-0.15, -0.1) is 0 Å². The van der Waals surface area contributed by atoms with E-state index in [0.29, 0.717) is 29.9 Å². The zero-order chi connectivity index (χ0) is 13.2. The van der Waals surface area contributed by atoms with E-state index in [4.69, 9.17) is 9.47 Å². The van der Waals surface area contributed by atoms with Crippen molar-refractivity contribution in [2.45, 2.75) is 6.42 Å². The number of Topliss-reactive ketones (excluding diaryl/α,β-unsaturated/α-hetero) is 1. The van der Waals surface area contributed by atoms with Gasteiger partial charge in [-0.2, -0.15) is 0 Å². The van der Waals surface area contributed by atoms with Crippen molar-refractivity contribution >= 4 is 16.6 Å². The number of carbonyl (C=O) groups excluding carboxylic acids is 1. The van der Waals surface area contributed by atoms with Crippen molar-refractivity contribution in [2.24, 2.45) is 0 Å². The summed E-state index contributed by atoms with van der Waals surface area (Å²) >= 11 is 0. The summed E-state index contributed by atoms with van der Waals surface area (Å²) in [6.45, 7) is 0.488. The minimum atomic E-state index is -0.0138. The first-order valence-corrected chi connectivity index (χ1v) is 6.22. The summed E-state index contributed by atoms with van der Waals surface area (Å²) in [5.41, 5.74) is 1.26. The van der Waals surface area contributed by atoms with Crippen LogP contribution in [0.3, 0.4) is 0 Å². The molecule has 0 radical (unpaired) electrons. The van der Waals surface area contributed by atoms with Gasteiger partial charge in [0, 0.05) is 17.4 Å². The molecule has 3 heteroatoms. The van der Waals surface area contributed by atoms with Crippen LogP contribution in [0.25, 0.3) is 10.8 Å². The molecule has 96 valence electrons. The van der Waals surface area contributed by atoms with Gasteiger partial charge >= 0.3 is 0 Å². The lowest BCUT2D eigenvalue weighted by Crippen LogP contribution is -2.02. The number of fused-ring (bicyclic) bond motifs is 3. The van der Waals surface area contributed by atoms with Crippen LogP contribution in [0, 0.1) is 0 Å². The fourth-order valence-electron chi connectivity index (χ4n) is 2.38. The number of rotatable bonds is 1. The summed E-state index contributed by atoms with van der Waals surface area (Å²) < 4.78 is 10.8. The molecule has 0 unspecified atom stereocenters. The van der Waals surface area contributed by atoms with E-state index in [0.717, 1.165) is 10.8 Å². The molecule has 19 heavy (non-hydrogen) atoms. The van der Waals surface area contributed by atoms with Crippen LogP contribution in [0.1, 0.15) is 16.8 Å². The molecule has 2 aromatic carbocycles. The van der Waals surface area contributed by atoms with Gasteiger partial charge in [0.15, 0.2) is 5.78 Å². The van der Waals surface area contributed by atoms with Gasteiger partial charge in [0.1, 0.15) is 5.75 Å². The van der Waals surface area contributed by atoms with Gasteiger partial charge in [-0.3, -0.25) is 4.79 Å². The average molecular weight is 254 g/mol. The van der Waals surface area contributed by atoms with E-state index in [1.807, 2.05) is 36.4 Å². The first-order valence-electron chi connectivity index (χ1n) is 6.22. The van der Waals surface area contributed by atoms with Crippen molar-refractivity contribution in [3.8, 4) is 5.75 Å². The second-order valence-electron chi connectivity index (χ2n) is 4.47. The van der Waals surface area contributed by atoms with Gasteiger partial charge < -0.3 is 9.47 Å². The van der Waals surface area contributed by atoms with E-state index in [2.05, 4.69) is 0 Å². The fraction of sp³-hybridized carbons (Fsp3) is 0.188. The standard InChI is InChI=1S/C16H14O3/c1-18-10-12-8-9-19-16-13-5-3-2-4-11(13)6-7-14(16)15(12)17/h2-7,10H,8-9H2,1H3/b12-10-. The monoisotopic (exact) mass is 254 g/mol. The number of hydrogen-bond acceptors (Lipinski definition) is 3. The Morgan fingerprint density at radius 2 is 2.05 bits per heavy atom. The Bertz CT molecular complexity index is 671. The molecule has 0 bridgehead atoms. The molecule has 3 rings (SSSR count). The van der Waals surface area contributed by atoms with E-state index in [-0.39, 0.29) is 5.78 Å². The van der Waals surface area contributed by atoms with Crippen molar-refractivity contribution in [3.63, 3.8) is 0 Å². The summed E-state index contributed by atoms with van der Waals surface area (Å²) in [7, 11) is 1.55. The molecule has 0 fully saturated rings. The van der Waals surface area contributed by atoms with Gasteiger partial charge in [0.2, 0.25) is 0 Å². The molecular formula is C16H14O3. The third-order valence-corrected chi connectivity index (χ3v) is 3.29. The zero-order valence-electron chi connectivity index (χ0n) is 10.7. The van der Waals surface area contributed by atoms with Gasteiger partial charge in [0.05, 0.1) is 25.5 Å². The van der Waals surface area contributed by atoms with Crippen LogP contribution in [-0.4, -0.2) is 19.5 Å². The molecule has 0 spiro atoms. The minimum Gasteiger partial charge on any atom is -0.504 e. The van der Waals surface area contributed by atoms with Gasteiger partial charge in [-0.05, 0) is 11.5 Å². The molecule has 1 heterocycles. The van der Waals surface area contributed by atoms with Gasteiger partial charge in [-0.25, -0.2) is 0 Å². The predicted molar refractivity (Wildman–Crippen MR) is 73.5 cm³/mol. The Hall–Kier alpha value is -2.29. The van der Waals surface area contributed by atoms with E-state index in [1.165, 1.54) is 6.26 Å². The number of methoxy groups -OCH3 is 1. The lowest BCUT2D eigenvalue weighted by atomic mass is 9.99. The molecule has 3 nitrogen and oxygen atoms in total. The molecule has 2 aromatic rings. The number of ketones is 1. The highest BCUT2D eigenvalue weighted by Gasteiger charge is 2.23. The van der Waals surface area contributed by atoms with E-state index in [1.54, 1.807) is 7.11 Å². The Morgan fingerprint density at radius 1 is 1.21 bits per heavy atom. The Morgan fingerprint density at radius 3 is 2.89 bits per heavy atom. The maximum absolute atomic E-state index is 12.4. The van der Waals surface area contributed by atoms with E-state index >= 15 is 0 Å². The number of carbonyl (C=O) groups is 1. The first kappa shape index (κ1) is 11.8. The SMILES string of the molecule is CO/C=C1/CCOc2c(ccc3ccccc23)C1=O. The van der Waals surface area contributed by atoms with Crippen LogP contribution in [0.5, 0.6) is 5.75 Å². The van der Waals surface area contributed by atoms with Crippen molar-refractivity contribution < 1.29 is 14.3 Å².